The SMILES string of the molecule is COc1ccc(-c2nc(C#N)c(N3CCN(C(=O)c4ccccc4)CC3)o2)cc1OC. The number of hydrogen-bond acceptors (Lipinski definition) is 7. The molecule has 0 aliphatic carbocycles. The van der Waals surface area contributed by atoms with E-state index in [1.807, 2.05) is 40.1 Å². The number of anilines is 1. The van der Waals surface area contributed by atoms with Gasteiger partial charge in [-0.25, -0.2) is 0 Å². The molecule has 3 aromatic rings. The van der Waals surface area contributed by atoms with Crippen molar-refractivity contribution in [1.29, 1.82) is 5.26 Å². The Morgan fingerprint density at radius 1 is 1.03 bits per heavy atom. The summed E-state index contributed by atoms with van der Waals surface area (Å²) in [5.74, 6) is 1.89. The molecule has 0 spiro atoms. The summed E-state index contributed by atoms with van der Waals surface area (Å²) < 4.78 is 16.6. The number of oxazole rings is 1. The van der Waals surface area contributed by atoms with E-state index in [1.54, 1.807) is 32.4 Å². The Balaban J connectivity index is 1.52. The first-order chi connectivity index (χ1) is 15.1. The summed E-state index contributed by atoms with van der Waals surface area (Å²) in [6.07, 6.45) is 0. The van der Waals surface area contributed by atoms with Gasteiger partial charge in [0.15, 0.2) is 11.5 Å². The number of aromatic nitrogens is 1. The molecule has 31 heavy (non-hydrogen) atoms. The minimum Gasteiger partial charge on any atom is -0.493 e. The van der Waals surface area contributed by atoms with E-state index in [0.717, 1.165) is 0 Å². The van der Waals surface area contributed by atoms with Crippen LogP contribution >= 0.6 is 0 Å². The van der Waals surface area contributed by atoms with Crippen LogP contribution in [-0.2, 0) is 0 Å². The number of benzene rings is 2. The number of hydrogen-bond donors (Lipinski definition) is 0. The number of ether oxygens (including phenoxy) is 2. The second-order valence-corrected chi connectivity index (χ2v) is 7.00. The quantitative estimate of drug-likeness (QED) is 0.628. The second kappa shape index (κ2) is 8.79. The van der Waals surface area contributed by atoms with E-state index >= 15 is 0 Å². The predicted molar refractivity (Wildman–Crippen MR) is 114 cm³/mol. The van der Waals surface area contributed by atoms with Crippen molar-refractivity contribution in [3.05, 3.63) is 59.8 Å². The topological polar surface area (TPSA) is 91.8 Å². The van der Waals surface area contributed by atoms with Crippen LogP contribution in [0, 0.1) is 11.3 Å². The summed E-state index contributed by atoms with van der Waals surface area (Å²) in [4.78, 5) is 20.8. The zero-order valence-corrected chi connectivity index (χ0v) is 17.4. The number of amides is 1. The molecular weight excluding hydrogens is 396 g/mol. The fourth-order valence-electron chi connectivity index (χ4n) is 3.57. The van der Waals surface area contributed by atoms with Crippen LogP contribution in [0.1, 0.15) is 16.1 Å². The van der Waals surface area contributed by atoms with Crippen LogP contribution in [0.4, 0.5) is 5.88 Å². The number of nitrogens with zero attached hydrogens (tertiary/aromatic N) is 4. The molecule has 0 unspecified atom stereocenters. The lowest BCUT2D eigenvalue weighted by molar-refractivity contribution is 0.0745. The lowest BCUT2D eigenvalue weighted by atomic mass is 10.2. The van der Waals surface area contributed by atoms with E-state index in [4.69, 9.17) is 13.9 Å². The molecule has 1 aliphatic rings. The molecule has 1 fully saturated rings. The lowest BCUT2D eigenvalue weighted by Gasteiger charge is -2.34. The third kappa shape index (κ3) is 4.03. The van der Waals surface area contributed by atoms with E-state index in [0.29, 0.717) is 60.6 Å². The molecule has 4 rings (SSSR count). The average Bonchev–Trinajstić information content (AvgIpc) is 3.28. The van der Waals surface area contributed by atoms with Crippen molar-refractivity contribution < 1.29 is 18.7 Å². The Bertz CT molecular complexity index is 1110. The van der Waals surface area contributed by atoms with Crippen LogP contribution in [-0.4, -0.2) is 56.2 Å². The Hall–Kier alpha value is -3.99. The van der Waals surface area contributed by atoms with Gasteiger partial charge >= 0.3 is 0 Å². The van der Waals surface area contributed by atoms with Gasteiger partial charge in [0.25, 0.3) is 5.91 Å². The van der Waals surface area contributed by atoms with Crippen molar-refractivity contribution in [3.8, 4) is 29.0 Å². The molecule has 158 valence electrons. The number of nitriles is 1. The molecule has 0 atom stereocenters. The standard InChI is InChI=1S/C23H22N4O4/c1-29-19-9-8-17(14-20(19)30-2)21-25-18(15-24)23(31-21)27-12-10-26(11-13-27)22(28)16-6-4-3-5-7-16/h3-9,14H,10-13H2,1-2H3. The largest absolute Gasteiger partial charge is 0.493 e. The second-order valence-electron chi connectivity index (χ2n) is 7.00. The van der Waals surface area contributed by atoms with Gasteiger partial charge in [-0.2, -0.15) is 10.2 Å². The highest BCUT2D eigenvalue weighted by molar-refractivity contribution is 5.94. The van der Waals surface area contributed by atoms with Gasteiger partial charge in [0.05, 0.1) is 14.2 Å². The number of carbonyl (C=O) groups excluding carboxylic acids is 1. The molecule has 1 aromatic heterocycles. The zero-order valence-electron chi connectivity index (χ0n) is 17.4. The third-order valence-electron chi connectivity index (χ3n) is 5.22. The van der Waals surface area contributed by atoms with E-state index in [9.17, 15) is 10.1 Å². The Morgan fingerprint density at radius 3 is 2.39 bits per heavy atom. The molecule has 2 heterocycles. The van der Waals surface area contributed by atoms with Crippen molar-refractivity contribution in [2.24, 2.45) is 0 Å². The van der Waals surface area contributed by atoms with Crippen molar-refractivity contribution >= 4 is 11.8 Å². The smallest absolute Gasteiger partial charge is 0.253 e. The molecule has 8 heteroatoms. The van der Waals surface area contributed by atoms with E-state index in [-0.39, 0.29) is 11.6 Å². The highest BCUT2D eigenvalue weighted by Gasteiger charge is 2.27. The van der Waals surface area contributed by atoms with Crippen LogP contribution in [0.25, 0.3) is 11.5 Å². The highest BCUT2D eigenvalue weighted by atomic mass is 16.5. The lowest BCUT2D eigenvalue weighted by Crippen LogP contribution is -2.48. The number of rotatable bonds is 5. The van der Waals surface area contributed by atoms with Gasteiger partial charge in [-0.1, -0.05) is 18.2 Å². The monoisotopic (exact) mass is 418 g/mol. The molecule has 0 N–H and O–H groups in total. The maximum Gasteiger partial charge on any atom is 0.253 e. The van der Waals surface area contributed by atoms with Crippen molar-refractivity contribution in [3.63, 3.8) is 0 Å². The van der Waals surface area contributed by atoms with Gasteiger partial charge in [-0.15, -0.1) is 0 Å². The molecule has 0 bridgehead atoms. The van der Waals surface area contributed by atoms with Crippen LogP contribution in [0.3, 0.4) is 0 Å². The van der Waals surface area contributed by atoms with Crippen LogP contribution < -0.4 is 14.4 Å². The molecule has 2 aromatic carbocycles. The van der Waals surface area contributed by atoms with Gasteiger partial charge in [-0.05, 0) is 30.3 Å². The van der Waals surface area contributed by atoms with Crippen LogP contribution in [0.2, 0.25) is 0 Å². The highest BCUT2D eigenvalue weighted by Crippen LogP contribution is 2.34. The van der Waals surface area contributed by atoms with Crippen LogP contribution in [0.15, 0.2) is 52.9 Å². The van der Waals surface area contributed by atoms with Crippen molar-refractivity contribution in [2.75, 3.05) is 45.3 Å². The average molecular weight is 418 g/mol. The molecule has 1 saturated heterocycles. The van der Waals surface area contributed by atoms with Gasteiger partial charge in [0.2, 0.25) is 17.5 Å². The van der Waals surface area contributed by atoms with Crippen LogP contribution in [0.5, 0.6) is 11.5 Å². The fourth-order valence-corrected chi connectivity index (χ4v) is 3.57. The summed E-state index contributed by atoms with van der Waals surface area (Å²) in [6, 6.07) is 16.7. The van der Waals surface area contributed by atoms with Crippen molar-refractivity contribution in [1.82, 2.24) is 9.88 Å². The van der Waals surface area contributed by atoms with Gasteiger partial charge in [0.1, 0.15) is 6.07 Å². The zero-order chi connectivity index (χ0) is 21.8. The molecule has 1 aliphatic heterocycles. The Kier molecular flexibility index (Phi) is 5.76. The first-order valence-electron chi connectivity index (χ1n) is 9.87. The van der Waals surface area contributed by atoms with Gasteiger partial charge in [-0.3, -0.25) is 4.79 Å². The Labute approximate surface area is 180 Å². The minimum atomic E-state index is 0.00402. The summed E-state index contributed by atoms with van der Waals surface area (Å²) >= 11 is 0. The Morgan fingerprint density at radius 2 is 1.74 bits per heavy atom. The van der Waals surface area contributed by atoms with Gasteiger partial charge < -0.3 is 23.7 Å². The number of carbonyl (C=O) groups is 1. The first kappa shape index (κ1) is 20.3. The first-order valence-corrected chi connectivity index (χ1v) is 9.87. The fraction of sp³-hybridized carbons (Fsp3) is 0.261. The van der Waals surface area contributed by atoms with Gasteiger partial charge in [0, 0.05) is 37.3 Å². The minimum absolute atomic E-state index is 0.00402. The third-order valence-corrected chi connectivity index (χ3v) is 5.22. The number of piperazine rings is 1. The predicted octanol–water partition coefficient (Wildman–Crippen LogP) is 3.19. The maximum atomic E-state index is 12.7. The summed E-state index contributed by atoms with van der Waals surface area (Å²) in [6.45, 7) is 2.16. The molecule has 1 amide bonds. The maximum absolute atomic E-state index is 12.7. The van der Waals surface area contributed by atoms with Crippen molar-refractivity contribution in [2.45, 2.75) is 0 Å². The molecule has 0 saturated carbocycles. The normalized spacial score (nSPS) is 13.6. The van der Waals surface area contributed by atoms with E-state index in [2.05, 4.69) is 11.1 Å². The molecular formula is C23H22N4O4. The van der Waals surface area contributed by atoms with E-state index < -0.39 is 0 Å². The summed E-state index contributed by atoms with van der Waals surface area (Å²) in [7, 11) is 3.12. The van der Waals surface area contributed by atoms with E-state index in [1.165, 1.54) is 0 Å². The number of methoxy groups -OCH3 is 2. The molecule has 8 nitrogen and oxygen atoms in total. The summed E-state index contributed by atoms with van der Waals surface area (Å²) in [5.41, 5.74) is 1.56. The molecule has 0 radical (unpaired) electrons. The summed E-state index contributed by atoms with van der Waals surface area (Å²) in [5, 5.41) is 9.57.